The molecule has 0 aromatic heterocycles. The predicted molar refractivity (Wildman–Crippen MR) is 72.1 cm³/mol. The van der Waals surface area contributed by atoms with E-state index in [0.717, 1.165) is 17.6 Å². The van der Waals surface area contributed by atoms with E-state index in [-0.39, 0.29) is 0 Å². The Hall–Kier alpha value is -1.02. The Morgan fingerprint density at radius 2 is 2.28 bits per heavy atom. The summed E-state index contributed by atoms with van der Waals surface area (Å²) in [6.45, 7) is 2.50. The van der Waals surface area contributed by atoms with E-state index in [4.69, 9.17) is 4.74 Å². The predicted octanol–water partition coefficient (Wildman–Crippen LogP) is 2.72. The Kier molecular flexibility index (Phi) is 2.25. The van der Waals surface area contributed by atoms with Crippen molar-refractivity contribution in [1.82, 2.24) is 5.32 Å². The normalized spacial score (nSPS) is 36.9. The quantitative estimate of drug-likeness (QED) is 0.819. The van der Waals surface area contributed by atoms with Crippen LogP contribution in [0.5, 0.6) is 5.75 Å². The van der Waals surface area contributed by atoms with E-state index in [1.165, 1.54) is 44.3 Å². The standard InChI is InChI=1S/C16H21NO/c1-18-13-3-4-14-11(8-13)6-7-16-10-17-9-12(16)2-5-15(14)16/h3-4,8,12,15,17H,2,5-7,9-10H2,1H3/t12-,15-,16+/m1/s1. The molecular formula is C16H21NO. The molecule has 1 N–H and O–H groups in total. The first kappa shape index (κ1) is 10.9. The molecule has 1 aromatic rings. The zero-order valence-electron chi connectivity index (χ0n) is 11.0. The molecule has 3 atom stereocenters. The molecule has 2 nitrogen and oxygen atoms in total. The van der Waals surface area contributed by atoms with Crippen molar-refractivity contribution in [2.45, 2.75) is 31.6 Å². The Bertz CT molecular complexity index is 484. The largest absolute Gasteiger partial charge is 0.497 e. The van der Waals surface area contributed by atoms with Crippen molar-refractivity contribution in [3.05, 3.63) is 29.3 Å². The van der Waals surface area contributed by atoms with E-state index in [1.54, 1.807) is 12.7 Å². The van der Waals surface area contributed by atoms with Crippen LogP contribution in [0.3, 0.4) is 0 Å². The Balaban J connectivity index is 1.78. The van der Waals surface area contributed by atoms with Crippen molar-refractivity contribution in [2.24, 2.45) is 11.3 Å². The lowest BCUT2D eigenvalue weighted by molar-refractivity contribution is 0.202. The first-order chi connectivity index (χ1) is 8.83. The molecule has 1 aromatic carbocycles. The number of aryl methyl sites for hydroxylation is 1. The van der Waals surface area contributed by atoms with Crippen LogP contribution in [0, 0.1) is 11.3 Å². The SMILES string of the molecule is COc1ccc2c(c1)CC[C@]13CNC[C@H]1CC[C@H]23. The van der Waals surface area contributed by atoms with Crippen LogP contribution in [0.4, 0.5) is 0 Å². The summed E-state index contributed by atoms with van der Waals surface area (Å²) in [6.07, 6.45) is 5.42. The fourth-order valence-corrected chi connectivity index (χ4v) is 4.84. The van der Waals surface area contributed by atoms with Gasteiger partial charge in [0.05, 0.1) is 7.11 Å². The van der Waals surface area contributed by atoms with E-state index < -0.39 is 0 Å². The minimum absolute atomic E-state index is 0.585. The average molecular weight is 243 g/mol. The monoisotopic (exact) mass is 243 g/mol. The summed E-state index contributed by atoms with van der Waals surface area (Å²) in [5.74, 6) is 2.74. The fraction of sp³-hybridized carbons (Fsp3) is 0.625. The van der Waals surface area contributed by atoms with Crippen LogP contribution < -0.4 is 10.1 Å². The average Bonchev–Trinajstić information content (AvgIpc) is 2.95. The maximum absolute atomic E-state index is 5.36. The van der Waals surface area contributed by atoms with Gasteiger partial charge in [-0.2, -0.15) is 0 Å². The minimum Gasteiger partial charge on any atom is -0.497 e. The van der Waals surface area contributed by atoms with E-state index in [0.29, 0.717) is 5.41 Å². The van der Waals surface area contributed by atoms with Crippen LogP contribution >= 0.6 is 0 Å². The van der Waals surface area contributed by atoms with Crippen molar-refractivity contribution in [3.8, 4) is 5.75 Å². The van der Waals surface area contributed by atoms with Gasteiger partial charge in [0.2, 0.25) is 0 Å². The molecule has 18 heavy (non-hydrogen) atoms. The van der Waals surface area contributed by atoms with Gasteiger partial charge in [0, 0.05) is 6.54 Å². The lowest BCUT2D eigenvalue weighted by Crippen LogP contribution is -2.35. The van der Waals surface area contributed by atoms with Crippen LogP contribution in [0.15, 0.2) is 18.2 Å². The highest BCUT2D eigenvalue weighted by atomic mass is 16.5. The van der Waals surface area contributed by atoms with Crippen molar-refractivity contribution >= 4 is 0 Å². The van der Waals surface area contributed by atoms with Gasteiger partial charge in [-0.15, -0.1) is 0 Å². The second-order valence-corrected chi connectivity index (χ2v) is 6.26. The second-order valence-electron chi connectivity index (χ2n) is 6.26. The zero-order chi connectivity index (χ0) is 12.2. The molecule has 4 rings (SSSR count). The van der Waals surface area contributed by atoms with Crippen LogP contribution in [0.2, 0.25) is 0 Å². The third-order valence-corrected chi connectivity index (χ3v) is 5.74. The molecule has 2 fully saturated rings. The summed E-state index contributed by atoms with van der Waals surface area (Å²) < 4.78 is 5.36. The summed E-state index contributed by atoms with van der Waals surface area (Å²) in [5.41, 5.74) is 3.74. The molecule has 2 aliphatic carbocycles. The highest BCUT2D eigenvalue weighted by Gasteiger charge is 2.54. The van der Waals surface area contributed by atoms with Crippen LogP contribution in [-0.4, -0.2) is 20.2 Å². The fourth-order valence-electron chi connectivity index (χ4n) is 4.84. The summed E-state index contributed by atoms with van der Waals surface area (Å²) in [6, 6.07) is 6.74. The van der Waals surface area contributed by atoms with Gasteiger partial charge in [0.15, 0.2) is 0 Å². The summed E-state index contributed by atoms with van der Waals surface area (Å²) in [4.78, 5) is 0. The first-order valence-corrected chi connectivity index (χ1v) is 7.21. The third kappa shape index (κ3) is 1.27. The maximum atomic E-state index is 5.36. The number of ether oxygens (including phenoxy) is 1. The Morgan fingerprint density at radius 1 is 1.33 bits per heavy atom. The number of hydrogen-bond donors (Lipinski definition) is 1. The smallest absolute Gasteiger partial charge is 0.119 e. The van der Waals surface area contributed by atoms with Crippen molar-refractivity contribution in [3.63, 3.8) is 0 Å². The molecule has 0 amide bonds. The van der Waals surface area contributed by atoms with E-state index >= 15 is 0 Å². The molecule has 1 aliphatic heterocycles. The summed E-state index contributed by atoms with van der Waals surface area (Å²) >= 11 is 0. The molecule has 1 spiro atoms. The number of rotatable bonds is 1. The molecule has 1 saturated carbocycles. The summed E-state index contributed by atoms with van der Waals surface area (Å²) in [5, 5.41) is 3.64. The van der Waals surface area contributed by atoms with Gasteiger partial charge < -0.3 is 10.1 Å². The van der Waals surface area contributed by atoms with Gasteiger partial charge >= 0.3 is 0 Å². The van der Waals surface area contributed by atoms with Crippen molar-refractivity contribution < 1.29 is 4.74 Å². The molecule has 0 unspecified atom stereocenters. The zero-order valence-corrected chi connectivity index (χ0v) is 11.0. The molecule has 2 heteroatoms. The molecule has 3 aliphatic rings. The molecule has 0 bridgehead atoms. The number of fused-ring (bicyclic) bond motifs is 2. The Labute approximate surface area is 109 Å². The van der Waals surface area contributed by atoms with Crippen molar-refractivity contribution in [2.75, 3.05) is 20.2 Å². The molecule has 1 heterocycles. The number of nitrogens with one attached hydrogen (secondary N) is 1. The second kappa shape index (κ2) is 3.74. The Morgan fingerprint density at radius 3 is 3.17 bits per heavy atom. The first-order valence-electron chi connectivity index (χ1n) is 7.21. The van der Waals surface area contributed by atoms with E-state index in [1.807, 2.05) is 0 Å². The topological polar surface area (TPSA) is 21.3 Å². The van der Waals surface area contributed by atoms with Crippen molar-refractivity contribution in [1.29, 1.82) is 0 Å². The van der Waals surface area contributed by atoms with Gasteiger partial charge in [-0.05, 0) is 72.7 Å². The molecule has 96 valence electrons. The molecule has 1 saturated heterocycles. The lowest BCUT2D eigenvalue weighted by Gasteiger charge is -2.40. The lowest BCUT2D eigenvalue weighted by atomic mass is 9.63. The van der Waals surface area contributed by atoms with E-state index in [9.17, 15) is 0 Å². The van der Waals surface area contributed by atoms with Crippen LogP contribution in [0.1, 0.15) is 36.3 Å². The third-order valence-electron chi connectivity index (χ3n) is 5.74. The number of methoxy groups -OCH3 is 1. The van der Waals surface area contributed by atoms with Gasteiger partial charge in [-0.1, -0.05) is 6.07 Å². The van der Waals surface area contributed by atoms with Gasteiger partial charge in [-0.25, -0.2) is 0 Å². The van der Waals surface area contributed by atoms with Gasteiger partial charge in [0.1, 0.15) is 5.75 Å². The summed E-state index contributed by atoms with van der Waals surface area (Å²) in [7, 11) is 1.76. The molecule has 0 radical (unpaired) electrons. The minimum atomic E-state index is 0.585. The van der Waals surface area contributed by atoms with Crippen LogP contribution in [0.25, 0.3) is 0 Å². The highest BCUT2D eigenvalue weighted by Crippen LogP contribution is 2.60. The van der Waals surface area contributed by atoms with E-state index in [2.05, 4.69) is 23.5 Å². The van der Waals surface area contributed by atoms with Gasteiger partial charge in [0.25, 0.3) is 0 Å². The highest BCUT2D eigenvalue weighted by molar-refractivity contribution is 5.42. The number of hydrogen-bond acceptors (Lipinski definition) is 2. The maximum Gasteiger partial charge on any atom is 0.119 e. The number of benzene rings is 1. The van der Waals surface area contributed by atoms with Gasteiger partial charge in [-0.3, -0.25) is 0 Å². The van der Waals surface area contributed by atoms with Crippen LogP contribution in [-0.2, 0) is 6.42 Å². The molecular weight excluding hydrogens is 222 g/mol.